The van der Waals surface area contributed by atoms with E-state index >= 15 is 0 Å². The van der Waals surface area contributed by atoms with Gasteiger partial charge in [0.25, 0.3) is 5.91 Å². The number of aldehydes is 1. The fourth-order valence-corrected chi connectivity index (χ4v) is 1.92. The fourth-order valence-electron chi connectivity index (χ4n) is 1.92. The molecule has 0 unspecified atom stereocenters. The second kappa shape index (κ2) is 7.26. The van der Waals surface area contributed by atoms with Gasteiger partial charge in [0, 0.05) is 11.3 Å². The van der Waals surface area contributed by atoms with E-state index < -0.39 is 0 Å². The monoisotopic (exact) mass is 299 g/mol. The molecule has 0 saturated heterocycles. The standard InChI is InChI=1S/C17H17NO4/c1-12-5-3-4-6-14(12)18-17(20)11-22-15-8-7-13(10-19)9-16(15)21-2/h3-10H,11H2,1-2H3,(H,18,20). The van der Waals surface area contributed by atoms with E-state index in [1.165, 1.54) is 7.11 Å². The highest BCUT2D eigenvalue weighted by Gasteiger charge is 2.09. The average molecular weight is 299 g/mol. The minimum atomic E-state index is -0.268. The molecule has 5 heteroatoms. The first kappa shape index (κ1) is 15.6. The van der Waals surface area contributed by atoms with Gasteiger partial charge in [-0.2, -0.15) is 0 Å². The number of anilines is 1. The van der Waals surface area contributed by atoms with Gasteiger partial charge in [0.05, 0.1) is 7.11 Å². The first-order valence-corrected chi connectivity index (χ1v) is 6.75. The van der Waals surface area contributed by atoms with Crippen LogP contribution in [0.15, 0.2) is 42.5 Å². The van der Waals surface area contributed by atoms with E-state index in [1.54, 1.807) is 18.2 Å². The zero-order chi connectivity index (χ0) is 15.9. The van der Waals surface area contributed by atoms with Crippen LogP contribution < -0.4 is 14.8 Å². The lowest BCUT2D eigenvalue weighted by Crippen LogP contribution is -2.20. The average Bonchev–Trinajstić information content (AvgIpc) is 2.55. The van der Waals surface area contributed by atoms with E-state index in [2.05, 4.69) is 5.32 Å². The van der Waals surface area contributed by atoms with Crippen molar-refractivity contribution in [3.05, 3.63) is 53.6 Å². The molecule has 0 saturated carbocycles. The van der Waals surface area contributed by atoms with Crippen LogP contribution in [0.2, 0.25) is 0 Å². The Kier molecular flexibility index (Phi) is 5.14. The lowest BCUT2D eigenvalue weighted by Gasteiger charge is -2.12. The van der Waals surface area contributed by atoms with Crippen LogP contribution in [0, 0.1) is 6.92 Å². The van der Waals surface area contributed by atoms with Gasteiger partial charge >= 0.3 is 0 Å². The van der Waals surface area contributed by atoms with Crippen molar-refractivity contribution in [1.82, 2.24) is 0 Å². The fraction of sp³-hybridized carbons (Fsp3) is 0.176. The molecule has 0 aliphatic rings. The number of amides is 1. The zero-order valence-corrected chi connectivity index (χ0v) is 12.5. The van der Waals surface area contributed by atoms with Crippen LogP contribution in [-0.4, -0.2) is 25.9 Å². The number of hydrogen-bond donors (Lipinski definition) is 1. The van der Waals surface area contributed by atoms with Crippen LogP contribution in [-0.2, 0) is 4.79 Å². The van der Waals surface area contributed by atoms with E-state index in [4.69, 9.17) is 9.47 Å². The second-order valence-corrected chi connectivity index (χ2v) is 4.68. The Morgan fingerprint density at radius 1 is 1.18 bits per heavy atom. The Hall–Kier alpha value is -2.82. The summed E-state index contributed by atoms with van der Waals surface area (Å²) < 4.78 is 10.6. The first-order chi connectivity index (χ1) is 10.6. The molecule has 2 aromatic carbocycles. The molecule has 0 heterocycles. The van der Waals surface area contributed by atoms with Gasteiger partial charge in [-0.3, -0.25) is 9.59 Å². The predicted octanol–water partition coefficient (Wildman–Crippen LogP) is 2.83. The van der Waals surface area contributed by atoms with Crippen molar-refractivity contribution in [2.75, 3.05) is 19.0 Å². The van der Waals surface area contributed by atoms with Crippen molar-refractivity contribution in [2.24, 2.45) is 0 Å². The maximum Gasteiger partial charge on any atom is 0.262 e. The van der Waals surface area contributed by atoms with Crippen molar-refractivity contribution < 1.29 is 19.1 Å². The Morgan fingerprint density at radius 3 is 2.64 bits per heavy atom. The van der Waals surface area contributed by atoms with Crippen molar-refractivity contribution in [3.8, 4) is 11.5 Å². The maximum absolute atomic E-state index is 11.9. The summed E-state index contributed by atoms with van der Waals surface area (Å²) in [6, 6.07) is 12.3. The molecule has 0 atom stereocenters. The third kappa shape index (κ3) is 3.85. The second-order valence-electron chi connectivity index (χ2n) is 4.68. The first-order valence-electron chi connectivity index (χ1n) is 6.75. The van der Waals surface area contributed by atoms with Gasteiger partial charge in [0.1, 0.15) is 6.29 Å². The number of hydrogen-bond acceptors (Lipinski definition) is 4. The molecular weight excluding hydrogens is 282 g/mol. The summed E-state index contributed by atoms with van der Waals surface area (Å²) >= 11 is 0. The van der Waals surface area contributed by atoms with Crippen molar-refractivity contribution in [2.45, 2.75) is 6.92 Å². The van der Waals surface area contributed by atoms with Gasteiger partial charge in [-0.15, -0.1) is 0 Å². The van der Waals surface area contributed by atoms with E-state index in [1.807, 2.05) is 31.2 Å². The normalized spacial score (nSPS) is 9.91. The molecule has 0 fully saturated rings. The minimum Gasteiger partial charge on any atom is -0.493 e. The summed E-state index contributed by atoms with van der Waals surface area (Å²) in [7, 11) is 1.48. The zero-order valence-electron chi connectivity index (χ0n) is 12.5. The number of para-hydroxylation sites is 1. The molecule has 5 nitrogen and oxygen atoms in total. The molecule has 0 aromatic heterocycles. The summed E-state index contributed by atoms with van der Waals surface area (Å²) in [5, 5.41) is 2.78. The van der Waals surface area contributed by atoms with Gasteiger partial charge in [0.2, 0.25) is 0 Å². The number of benzene rings is 2. The molecule has 0 spiro atoms. The molecule has 0 aliphatic carbocycles. The predicted molar refractivity (Wildman–Crippen MR) is 83.7 cm³/mol. The van der Waals surface area contributed by atoms with Crippen LogP contribution in [0.4, 0.5) is 5.69 Å². The Bertz CT molecular complexity index is 682. The molecule has 2 rings (SSSR count). The lowest BCUT2D eigenvalue weighted by molar-refractivity contribution is -0.118. The Morgan fingerprint density at radius 2 is 1.95 bits per heavy atom. The number of ether oxygens (including phenoxy) is 2. The maximum atomic E-state index is 11.9. The van der Waals surface area contributed by atoms with Gasteiger partial charge < -0.3 is 14.8 Å². The third-order valence-electron chi connectivity index (χ3n) is 3.10. The molecular formula is C17H17NO4. The van der Waals surface area contributed by atoms with Crippen LogP contribution in [0.25, 0.3) is 0 Å². The Labute approximate surface area is 128 Å². The quantitative estimate of drug-likeness (QED) is 0.833. The topological polar surface area (TPSA) is 64.6 Å². The molecule has 0 bridgehead atoms. The minimum absolute atomic E-state index is 0.148. The third-order valence-corrected chi connectivity index (χ3v) is 3.10. The lowest BCUT2D eigenvalue weighted by atomic mass is 10.2. The largest absolute Gasteiger partial charge is 0.493 e. The van der Waals surface area contributed by atoms with Gasteiger partial charge in [-0.1, -0.05) is 18.2 Å². The highest BCUT2D eigenvalue weighted by Crippen LogP contribution is 2.27. The van der Waals surface area contributed by atoms with Crippen LogP contribution in [0.1, 0.15) is 15.9 Å². The Balaban J connectivity index is 1.99. The van der Waals surface area contributed by atoms with Crippen LogP contribution in [0.5, 0.6) is 11.5 Å². The summed E-state index contributed by atoms with van der Waals surface area (Å²) in [6.45, 7) is 1.77. The number of nitrogens with one attached hydrogen (secondary N) is 1. The smallest absolute Gasteiger partial charge is 0.262 e. The van der Waals surface area contributed by atoms with Crippen LogP contribution >= 0.6 is 0 Å². The van der Waals surface area contributed by atoms with Gasteiger partial charge in [-0.25, -0.2) is 0 Å². The summed E-state index contributed by atoms with van der Waals surface area (Å²) in [5.41, 5.74) is 2.21. The van der Waals surface area contributed by atoms with Crippen LogP contribution in [0.3, 0.4) is 0 Å². The molecule has 2 aromatic rings. The summed E-state index contributed by atoms with van der Waals surface area (Å²) in [5.74, 6) is 0.553. The molecule has 1 N–H and O–H groups in total. The summed E-state index contributed by atoms with van der Waals surface area (Å²) in [6.07, 6.45) is 0.719. The van der Waals surface area contributed by atoms with Gasteiger partial charge in [-0.05, 0) is 36.8 Å². The van der Waals surface area contributed by atoms with E-state index in [-0.39, 0.29) is 12.5 Å². The highest BCUT2D eigenvalue weighted by atomic mass is 16.5. The SMILES string of the molecule is COc1cc(C=O)ccc1OCC(=O)Nc1ccccc1C. The molecule has 1 amide bonds. The molecule has 22 heavy (non-hydrogen) atoms. The number of aryl methyl sites for hydroxylation is 1. The van der Waals surface area contributed by atoms with Crippen molar-refractivity contribution in [3.63, 3.8) is 0 Å². The molecule has 0 aliphatic heterocycles. The number of carbonyl (C=O) groups excluding carboxylic acids is 2. The van der Waals surface area contributed by atoms with E-state index in [0.29, 0.717) is 17.1 Å². The summed E-state index contributed by atoms with van der Waals surface area (Å²) in [4.78, 5) is 22.7. The van der Waals surface area contributed by atoms with E-state index in [0.717, 1.165) is 17.5 Å². The molecule has 114 valence electrons. The highest BCUT2D eigenvalue weighted by molar-refractivity contribution is 5.92. The number of carbonyl (C=O) groups is 2. The number of rotatable bonds is 6. The number of methoxy groups -OCH3 is 1. The van der Waals surface area contributed by atoms with Gasteiger partial charge in [0.15, 0.2) is 18.1 Å². The molecule has 0 radical (unpaired) electrons. The van der Waals surface area contributed by atoms with E-state index in [9.17, 15) is 9.59 Å². The van der Waals surface area contributed by atoms with Crippen molar-refractivity contribution in [1.29, 1.82) is 0 Å². The van der Waals surface area contributed by atoms with Crippen molar-refractivity contribution >= 4 is 17.9 Å².